The molecule has 2 aromatic rings. The number of esters is 1. The number of rotatable bonds is 7. The van der Waals surface area contributed by atoms with Gasteiger partial charge in [0.2, 0.25) is 5.91 Å². The highest BCUT2D eigenvalue weighted by molar-refractivity contribution is 5.92. The molecule has 45 heavy (non-hydrogen) atoms. The lowest BCUT2D eigenvalue weighted by molar-refractivity contribution is -0.202. The predicted octanol–water partition coefficient (Wildman–Crippen LogP) is 5.51. The van der Waals surface area contributed by atoms with Gasteiger partial charge in [0.15, 0.2) is 11.5 Å². The van der Waals surface area contributed by atoms with Gasteiger partial charge in [-0.2, -0.15) is 13.2 Å². The summed E-state index contributed by atoms with van der Waals surface area (Å²) in [4.78, 5) is 30.2. The lowest BCUT2D eigenvalue weighted by Gasteiger charge is -2.65. The van der Waals surface area contributed by atoms with Gasteiger partial charge in [-0.1, -0.05) is 18.2 Å². The number of hydrogen-bond acceptors (Lipinski definition) is 6. The zero-order chi connectivity index (χ0) is 31.9. The maximum atomic E-state index is 13.9. The first-order valence-electron chi connectivity index (χ1n) is 16.0. The molecule has 5 atom stereocenters. The highest BCUT2D eigenvalue weighted by atomic mass is 19.4. The number of piperidine rings is 1. The lowest BCUT2D eigenvalue weighted by atomic mass is 9.48. The Kier molecular flexibility index (Phi) is 7.13. The summed E-state index contributed by atoms with van der Waals surface area (Å²) in [5.41, 5.74) is -0.439. The van der Waals surface area contributed by atoms with E-state index in [0.717, 1.165) is 36.3 Å². The Morgan fingerprint density at radius 1 is 1.18 bits per heavy atom. The Morgan fingerprint density at radius 2 is 1.96 bits per heavy atom. The predicted molar refractivity (Wildman–Crippen MR) is 161 cm³/mol. The summed E-state index contributed by atoms with van der Waals surface area (Å²) in [5, 5.41) is 12.9. The van der Waals surface area contributed by atoms with Gasteiger partial charge in [-0.05, 0) is 100 Å². The van der Waals surface area contributed by atoms with Crippen LogP contribution in [-0.4, -0.2) is 69.7 Å². The zero-order valence-corrected chi connectivity index (χ0v) is 25.8. The molecule has 5 aliphatic rings. The Labute approximate surface area is 261 Å². The molecule has 1 N–H and O–H groups in total. The number of aliphatic hydroxyl groups is 1. The van der Waals surface area contributed by atoms with E-state index >= 15 is 0 Å². The van der Waals surface area contributed by atoms with Crippen molar-refractivity contribution in [2.24, 2.45) is 5.92 Å². The lowest BCUT2D eigenvalue weighted by Crippen LogP contribution is -2.78. The van der Waals surface area contributed by atoms with Crippen molar-refractivity contribution in [1.29, 1.82) is 0 Å². The van der Waals surface area contributed by atoms with E-state index in [1.807, 2.05) is 19.9 Å². The molecular weight excluding hydrogens is 585 g/mol. The number of amides is 1. The second-order valence-corrected chi connectivity index (χ2v) is 13.8. The van der Waals surface area contributed by atoms with Gasteiger partial charge in [-0.3, -0.25) is 14.5 Å². The minimum Gasteiger partial charge on any atom is -0.483 e. The third-order valence-corrected chi connectivity index (χ3v) is 10.8. The van der Waals surface area contributed by atoms with Gasteiger partial charge in [0.1, 0.15) is 6.10 Å². The number of benzene rings is 2. The summed E-state index contributed by atoms with van der Waals surface area (Å²) >= 11 is 0. The van der Waals surface area contributed by atoms with Crippen LogP contribution in [0.4, 0.5) is 13.2 Å². The maximum absolute atomic E-state index is 13.9. The normalized spacial score (nSPS) is 30.3. The van der Waals surface area contributed by atoms with E-state index in [1.54, 1.807) is 11.0 Å². The summed E-state index contributed by atoms with van der Waals surface area (Å²) in [6.07, 6.45) is 2.35. The van der Waals surface area contributed by atoms with Crippen LogP contribution in [0.5, 0.6) is 11.5 Å². The summed E-state index contributed by atoms with van der Waals surface area (Å²) < 4.78 is 52.3. The Hall–Kier alpha value is -3.37. The van der Waals surface area contributed by atoms with Crippen molar-refractivity contribution >= 4 is 18.0 Å². The number of ether oxygens (including phenoxy) is 2. The molecule has 7 rings (SSSR count). The van der Waals surface area contributed by atoms with Crippen LogP contribution in [0.3, 0.4) is 0 Å². The van der Waals surface area contributed by atoms with E-state index < -0.39 is 40.9 Å². The number of halogens is 3. The van der Waals surface area contributed by atoms with Gasteiger partial charge in [0, 0.05) is 37.2 Å². The molecule has 2 heterocycles. The van der Waals surface area contributed by atoms with Gasteiger partial charge in [0.25, 0.3) is 0 Å². The quantitative estimate of drug-likeness (QED) is 0.249. The van der Waals surface area contributed by atoms with Gasteiger partial charge in [-0.25, -0.2) is 0 Å². The van der Waals surface area contributed by atoms with Crippen molar-refractivity contribution in [1.82, 2.24) is 9.80 Å². The minimum atomic E-state index is -4.49. The SMILES string of the molecule is CC(=O)Oc1ccc2c3c1O[C@H]1[C@H](N(C(=O)C=Cc4cccc(C(F)(F)F)c4)C(C)C)CC[C@@]4(O)[C@@H](C2)N(CC2CC2)CC[C@]314. The highest BCUT2D eigenvalue weighted by Crippen LogP contribution is 2.66. The van der Waals surface area contributed by atoms with Crippen molar-refractivity contribution in [2.45, 2.75) is 101 Å². The summed E-state index contributed by atoms with van der Waals surface area (Å²) in [6, 6.07) is 7.86. The molecule has 2 aliphatic heterocycles. The molecule has 1 saturated heterocycles. The largest absolute Gasteiger partial charge is 0.483 e. The number of carbonyl (C=O) groups is 2. The van der Waals surface area contributed by atoms with E-state index in [-0.39, 0.29) is 23.6 Å². The molecule has 3 aliphatic carbocycles. The molecule has 0 radical (unpaired) electrons. The van der Waals surface area contributed by atoms with Crippen LogP contribution in [0.1, 0.15) is 75.1 Å². The van der Waals surface area contributed by atoms with E-state index in [0.29, 0.717) is 43.1 Å². The molecular formula is C35H39F3N2O5. The number of hydrogen-bond donors (Lipinski definition) is 1. The molecule has 2 aromatic carbocycles. The van der Waals surface area contributed by atoms with Crippen molar-refractivity contribution < 1.29 is 37.3 Å². The number of nitrogens with zero attached hydrogens (tertiary/aromatic N) is 2. The fraction of sp³-hybridized carbons (Fsp3) is 0.543. The zero-order valence-electron chi connectivity index (χ0n) is 25.8. The topological polar surface area (TPSA) is 79.3 Å². The average Bonchev–Trinajstić information content (AvgIpc) is 3.72. The summed E-state index contributed by atoms with van der Waals surface area (Å²) in [7, 11) is 0. The van der Waals surface area contributed by atoms with Crippen LogP contribution < -0.4 is 9.47 Å². The first-order chi connectivity index (χ1) is 21.3. The molecule has 3 fully saturated rings. The minimum absolute atomic E-state index is 0.0964. The van der Waals surface area contributed by atoms with Gasteiger partial charge in [-0.15, -0.1) is 0 Å². The van der Waals surface area contributed by atoms with Crippen LogP contribution in [0.25, 0.3) is 6.08 Å². The third-order valence-electron chi connectivity index (χ3n) is 10.8. The average molecular weight is 625 g/mol. The standard InChI is InChI=1S/C35H39F3N2O5/c1-20(2)40(29(42)12-9-22-5-4-6-25(17-22)35(36,37)38)26-13-14-34(43)28-18-24-10-11-27(44-21(3)41)31-30(24)33(34,32(26)45-31)15-16-39(28)19-23-7-8-23/h4-6,9-12,17,20,23,26,28,32,43H,7-8,13-16,18-19H2,1-3H3/t26-,28-,32+,33+,34-/m1/s1. The monoisotopic (exact) mass is 624 g/mol. The van der Waals surface area contributed by atoms with Crippen molar-refractivity contribution in [3.05, 3.63) is 64.7 Å². The summed E-state index contributed by atoms with van der Waals surface area (Å²) in [6.45, 7) is 6.91. The molecule has 1 amide bonds. The van der Waals surface area contributed by atoms with E-state index in [1.165, 1.54) is 44.1 Å². The Bertz CT molecular complexity index is 1570. The van der Waals surface area contributed by atoms with E-state index in [4.69, 9.17) is 9.47 Å². The van der Waals surface area contributed by atoms with Crippen LogP contribution in [0, 0.1) is 5.92 Å². The molecule has 240 valence electrons. The Balaban J connectivity index is 1.27. The molecule has 7 nitrogen and oxygen atoms in total. The third kappa shape index (κ3) is 4.78. The van der Waals surface area contributed by atoms with Crippen LogP contribution in [0.15, 0.2) is 42.5 Å². The molecule has 0 aromatic heterocycles. The first-order valence-corrected chi connectivity index (χ1v) is 16.0. The molecule has 0 unspecified atom stereocenters. The van der Waals surface area contributed by atoms with Gasteiger partial charge >= 0.3 is 12.1 Å². The van der Waals surface area contributed by atoms with Crippen LogP contribution in [0.2, 0.25) is 0 Å². The summed E-state index contributed by atoms with van der Waals surface area (Å²) in [5.74, 6) is 0.642. The molecule has 2 saturated carbocycles. The number of alkyl halides is 3. The Morgan fingerprint density at radius 3 is 2.64 bits per heavy atom. The molecule has 1 spiro atoms. The van der Waals surface area contributed by atoms with E-state index in [9.17, 15) is 27.9 Å². The first kappa shape index (κ1) is 30.3. The molecule has 2 bridgehead atoms. The fourth-order valence-corrected chi connectivity index (χ4v) is 8.84. The second-order valence-electron chi connectivity index (χ2n) is 13.8. The van der Waals surface area contributed by atoms with Crippen LogP contribution >= 0.6 is 0 Å². The smallest absolute Gasteiger partial charge is 0.416 e. The highest BCUT2D eigenvalue weighted by Gasteiger charge is 2.73. The fourth-order valence-electron chi connectivity index (χ4n) is 8.84. The molecule has 10 heteroatoms. The van der Waals surface area contributed by atoms with Gasteiger partial charge in [0.05, 0.1) is 22.6 Å². The van der Waals surface area contributed by atoms with Crippen molar-refractivity contribution in [3.8, 4) is 11.5 Å². The van der Waals surface area contributed by atoms with E-state index in [2.05, 4.69) is 4.90 Å². The van der Waals surface area contributed by atoms with Gasteiger partial charge < -0.3 is 19.5 Å². The van der Waals surface area contributed by atoms with Crippen LogP contribution in [-0.2, 0) is 27.6 Å². The van der Waals surface area contributed by atoms with Crippen molar-refractivity contribution in [2.75, 3.05) is 13.1 Å². The second kappa shape index (κ2) is 10.6. The maximum Gasteiger partial charge on any atom is 0.416 e. The van der Waals surface area contributed by atoms with Crippen molar-refractivity contribution in [3.63, 3.8) is 0 Å². The number of carbonyl (C=O) groups excluding carboxylic acids is 2. The number of likely N-dealkylation sites (tertiary alicyclic amines) is 1.